The largest absolute Gasteiger partial charge is 0.351 e. The average Bonchev–Trinajstić information content (AvgIpc) is 3.35. The van der Waals surface area contributed by atoms with Gasteiger partial charge in [0.1, 0.15) is 10.0 Å². The van der Waals surface area contributed by atoms with Crippen molar-refractivity contribution in [3.8, 4) is 11.3 Å². The Hall–Kier alpha value is -2.49. The molecule has 0 aliphatic rings. The smallest absolute Gasteiger partial charge is 0.250 e. The Labute approximate surface area is 168 Å². The molecule has 3 aromatic rings. The Morgan fingerprint density at radius 1 is 1.21 bits per heavy atom. The van der Waals surface area contributed by atoms with Gasteiger partial charge in [0.05, 0.1) is 24.5 Å². The average molecular weight is 419 g/mol. The molecule has 0 saturated heterocycles. The van der Waals surface area contributed by atoms with Crippen molar-refractivity contribution < 1.29 is 13.2 Å². The topological polar surface area (TPSA) is 104 Å². The van der Waals surface area contributed by atoms with E-state index in [0.717, 1.165) is 27.5 Å². The molecule has 0 saturated carbocycles. The third-order valence-corrected chi connectivity index (χ3v) is 7.18. The van der Waals surface area contributed by atoms with E-state index < -0.39 is 16.1 Å². The molecule has 1 atom stereocenters. The van der Waals surface area contributed by atoms with Crippen molar-refractivity contribution in [2.45, 2.75) is 37.1 Å². The first-order valence-electron chi connectivity index (χ1n) is 8.85. The second kappa shape index (κ2) is 8.68. The lowest BCUT2D eigenvalue weighted by Gasteiger charge is -2.14. The minimum atomic E-state index is -3.70. The first-order chi connectivity index (χ1) is 13.4. The first kappa shape index (κ1) is 20.2. The summed E-state index contributed by atoms with van der Waals surface area (Å²) in [6.45, 7) is 3.63. The van der Waals surface area contributed by atoms with Gasteiger partial charge in [-0.25, -0.2) is 13.4 Å². The second-order valence-electron chi connectivity index (χ2n) is 6.26. The predicted octanol–water partition coefficient (Wildman–Crippen LogP) is 3.20. The lowest BCUT2D eigenvalue weighted by Crippen LogP contribution is -2.28. The van der Waals surface area contributed by atoms with Gasteiger partial charge in [-0.05, 0) is 24.1 Å². The molecule has 2 aromatic heterocycles. The van der Waals surface area contributed by atoms with E-state index in [4.69, 9.17) is 0 Å². The molecule has 0 fully saturated rings. The summed E-state index contributed by atoms with van der Waals surface area (Å²) < 4.78 is 28.5. The Morgan fingerprint density at radius 3 is 2.64 bits per heavy atom. The van der Waals surface area contributed by atoms with Crippen LogP contribution in [-0.2, 0) is 21.4 Å². The normalized spacial score (nSPS) is 12.6. The molecule has 0 spiro atoms. The fourth-order valence-corrected chi connectivity index (χ4v) is 5.26. The highest BCUT2D eigenvalue weighted by Crippen LogP contribution is 2.25. The van der Waals surface area contributed by atoms with E-state index in [1.165, 1.54) is 6.92 Å². The summed E-state index contributed by atoms with van der Waals surface area (Å²) in [5.74, 6) is 0.411. The maximum Gasteiger partial charge on any atom is 0.250 e. The van der Waals surface area contributed by atoms with Crippen LogP contribution in [0.5, 0.6) is 0 Å². The number of hydrogen-bond donors (Lipinski definition) is 3. The van der Waals surface area contributed by atoms with Crippen LogP contribution in [0.4, 0.5) is 0 Å². The second-order valence-corrected chi connectivity index (χ2v) is 9.37. The number of aromatic amines is 1. The van der Waals surface area contributed by atoms with Crippen LogP contribution in [0.1, 0.15) is 37.0 Å². The maximum atomic E-state index is 12.8. The Kier molecular flexibility index (Phi) is 6.28. The number of thiophene rings is 1. The minimum absolute atomic E-state index is 0.158. The van der Waals surface area contributed by atoms with Crippen molar-refractivity contribution in [2.24, 2.45) is 0 Å². The van der Waals surface area contributed by atoms with Gasteiger partial charge in [0.25, 0.3) is 10.0 Å². The number of imidazole rings is 1. The summed E-state index contributed by atoms with van der Waals surface area (Å²) in [6, 6.07) is 12.5. The molecule has 0 bridgehead atoms. The van der Waals surface area contributed by atoms with Crippen LogP contribution in [0.2, 0.25) is 0 Å². The van der Waals surface area contributed by atoms with E-state index in [1.54, 1.807) is 18.3 Å². The van der Waals surface area contributed by atoms with Gasteiger partial charge in [0, 0.05) is 11.8 Å². The van der Waals surface area contributed by atoms with E-state index in [2.05, 4.69) is 20.0 Å². The van der Waals surface area contributed by atoms with Crippen molar-refractivity contribution in [1.82, 2.24) is 20.0 Å². The van der Waals surface area contributed by atoms with E-state index in [9.17, 15) is 13.2 Å². The molecular formula is C19H22N4O3S2. The monoisotopic (exact) mass is 418 g/mol. The number of sulfonamides is 1. The third-order valence-electron chi connectivity index (χ3n) is 4.13. The molecule has 0 radical (unpaired) electrons. The molecule has 3 rings (SSSR count). The maximum absolute atomic E-state index is 12.8. The summed E-state index contributed by atoms with van der Waals surface area (Å²) in [5, 5.41) is 2.66. The molecular weight excluding hydrogens is 396 g/mol. The minimum Gasteiger partial charge on any atom is -0.351 e. The number of hydrogen-bond acceptors (Lipinski definition) is 5. The van der Waals surface area contributed by atoms with Crippen LogP contribution in [0.25, 0.3) is 11.3 Å². The van der Waals surface area contributed by atoms with E-state index in [1.807, 2.05) is 37.3 Å². The van der Waals surface area contributed by atoms with Gasteiger partial charge in [0.15, 0.2) is 0 Å². The summed E-state index contributed by atoms with van der Waals surface area (Å²) in [4.78, 5) is 19.4. The van der Waals surface area contributed by atoms with Gasteiger partial charge < -0.3 is 10.3 Å². The van der Waals surface area contributed by atoms with Crippen LogP contribution in [0, 0.1) is 0 Å². The molecule has 28 heavy (non-hydrogen) atoms. The fraction of sp³-hybridized carbons (Fsp3) is 0.263. The Balaban J connectivity index is 1.75. The number of H-pyrrole nitrogens is 1. The zero-order valence-electron chi connectivity index (χ0n) is 15.6. The molecule has 9 heteroatoms. The van der Waals surface area contributed by atoms with Crippen molar-refractivity contribution in [3.05, 3.63) is 59.4 Å². The fourth-order valence-electron chi connectivity index (χ4n) is 2.67. The van der Waals surface area contributed by atoms with Crippen molar-refractivity contribution in [3.63, 3.8) is 0 Å². The molecule has 7 nitrogen and oxygen atoms in total. The molecule has 1 amide bonds. The summed E-state index contributed by atoms with van der Waals surface area (Å²) in [7, 11) is -3.70. The molecule has 1 aromatic carbocycles. The number of nitrogens with one attached hydrogen (secondary N) is 3. The van der Waals surface area contributed by atoms with Gasteiger partial charge in [-0.15, -0.1) is 11.3 Å². The van der Waals surface area contributed by atoms with Crippen LogP contribution in [-0.4, -0.2) is 24.3 Å². The van der Waals surface area contributed by atoms with Crippen molar-refractivity contribution in [2.75, 3.05) is 0 Å². The summed E-state index contributed by atoms with van der Waals surface area (Å²) in [5.41, 5.74) is 1.82. The standard InChI is InChI=1S/C19H22N4O3S2/c1-3-16(19-21-12-17(22-19)14-7-5-4-6-8-14)23-28(25,26)18-10-9-15(27-18)11-20-13(2)24/h4-10,12,16,23H,3,11H2,1-2H3,(H,20,24)(H,21,22). The number of amides is 1. The molecule has 3 N–H and O–H groups in total. The third kappa shape index (κ3) is 4.86. The number of rotatable bonds is 8. The van der Waals surface area contributed by atoms with Gasteiger partial charge in [-0.3, -0.25) is 4.79 Å². The SMILES string of the molecule is CCC(NS(=O)(=O)c1ccc(CNC(C)=O)s1)c1ncc(-c2ccccc2)[nH]1. The van der Waals surface area contributed by atoms with E-state index in [0.29, 0.717) is 18.8 Å². The molecule has 2 heterocycles. The number of aromatic nitrogens is 2. The summed E-state index contributed by atoms with van der Waals surface area (Å²) >= 11 is 1.14. The predicted molar refractivity (Wildman–Crippen MR) is 109 cm³/mol. The molecule has 0 aliphatic carbocycles. The van der Waals surface area contributed by atoms with Crippen LogP contribution in [0.15, 0.2) is 52.9 Å². The van der Waals surface area contributed by atoms with Crippen LogP contribution in [0.3, 0.4) is 0 Å². The summed E-state index contributed by atoms with van der Waals surface area (Å²) in [6.07, 6.45) is 2.25. The lowest BCUT2D eigenvalue weighted by molar-refractivity contribution is -0.119. The van der Waals surface area contributed by atoms with Crippen LogP contribution >= 0.6 is 11.3 Å². The quantitative estimate of drug-likeness (QED) is 0.522. The van der Waals surface area contributed by atoms with Crippen LogP contribution < -0.4 is 10.0 Å². The lowest BCUT2D eigenvalue weighted by atomic mass is 10.2. The van der Waals surface area contributed by atoms with Crippen molar-refractivity contribution >= 4 is 27.3 Å². The molecule has 148 valence electrons. The van der Waals surface area contributed by atoms with Gasteiger partial charge in [-0.1, -0.05) is 37.3 Å². The highest BCUT2D eigenvalue weighted by atomic mass is 32.2. The molecule has 1 unspecified atom stereocenters. The number of benzene rings is 1. The first-order valence-corrected chi connectivity index (χ1v) is 11.1. The molecule has 0 aliphatic heterocycles. The number of carbonyl (C=O) groups is 1. The highest BCUT2D eigenvalue weighted by Gasteiger charge is 2.24. The zero-order chi connectivity index (χ0) is 20.1. The van der Waals surface area contributed by atoms with Crippen molar-refractivity contribution in [1.29, 1.82) is 0 Å². The zero-order valence-corrected chi connectivity index (χ0v) is 17.2. The Morgan fingerprint density at radius 2 is 1.96 bits per heavy atom. The Bertz CT molecular complexity index is 1040. The number of nitrogens with zero attached hydrogens (tertiary/aromatic N) is 1. The highest BCUT2D eigenvalue weighted by molar-refractivity contribution is 7.91. The van der Waals surface area contributed by atoms with Gasteiger partial charge in [0.2, 0.25) is 5.91 Å². The number of carbonyl (C=O) groups excluding carboxylic acids is 1. The van der Waals surface area contributed by atoms with Gasteiger partial charge >= 0.3 is 0 Å². The van der Waals surface area contributed by atoms with E-state index >= 15 is 0 Å². The van der Waals surface area contributed by atoms with Gasteiger partial charge in [-0.2, -0.15) is 4.72 Å². The van der Waals surface area contributed by atoms with E-state index in [-0.39, 0.29) is 10.1 Å².